The third-order valence-corrected chi connectivity index (χ3v) is 5.69. The molecular formula is C23H25NO4S. The molecule has 3 aromatic rings. The van der Waals surface area contributed by atoms with E-state index >= 15 is 0 Å². The highest BCUT2D eigenvalue weighted by molar-refractivity contribution is 7.15. The number of methoxy groups -OCH3 is 1. The minimum absolute atomic E-state index is 0.387. The van der Waals surface area contributed by atoms with Crippen LogP contribution < -0.4 is 4.74 Å². The maximum absolute atomic E-state index is 11.2. The van der Waals surface area contributed by atoms with Gasteiger partial charge in [0.25, 0.3) is 0 Å². The lowest BCUT2D eigenvalue weighted by molar-refractivity contribution is -0.150. The van der Waals surface area contributed by atoms with Crippen molar-refractivity contribution < 1.29 is 19.4 Å². The second-order valence-electron chi connectivity index (χ2n) is 6.75. The molecule has 0 spiro atoms. The summed E-state index contributed by atoms with van der Waals surface area (Å²) >= 11 is 1.68. The molecule has 0 saturated heterocycles. The standard InChI is InChI=1S/C23H25NO4S/c1-16-20(24-22(29-16)18-8-4-3-5-9-18)15-28-19-13-11-17(12-14-19)7-6-10-21(25)23(26)27-2/h3-5,8-9,11-14,21,25H,6-7,10,15H2,1-2H3/t21-/m1/s1. The largest absolute Gasteiger partial charge is 0.487 e. The lowest BCUT2D eigenvalue weighted by Crippen LogP contribution is -2.21. The van der Waals surface area contributed by atoms with E-state index < -0.39 is 12.1 Å². The third-order valence-electron chi connectivity index (χ3n) is 4.63. The summed E-state index contributed by atoms with van der Waals surface area (Å²) in [4.78, 5) is 17.1. The number of aryl methyl sites for hydroxylation is 2. The van der Waals surface area contributed by atoms with Gasteiger partial charge in [0, 0.05) is 10.4 Å². The Morgan fingerprint density at radius 3 is 2.55 bits per heavy atom. The molecule has 0 radical (unpaired) electrons. The number of hydrogen-bond acceptors (Lipinski definition) is 6. The molecule has 1 N–H and O–H groups in total. The summed E-state index contributed by atoms with van der Waals surface area (Å²) in [5, 5.41) is 10.6. The number of hydrogen-bond donors (Lipinski definition) is 1. The number of carbonyl (C=O) groups excluding carboxylic acids is 1. The highest BCUT2D eigenvalue weighted by atomic mass is 32.1. The van der Waals surface area contributed by atoms with Crippen molar-refractivity contribution in [2.45, 2.75) is 38.9 Å². The van der Waals surface area contributed by atoms with Crippen LogP contribution in [0.5, 0.6) is 5.75 Å². The van der Waals surface area contributed by atoms with Crippen molar-refractivity contribution in [1.82, 2.24) is 4.98 Å². The van der Waals surface area contributed by atoms with Gasteiger partial charge < -0.3 is 14.6 Å². The van der Waals surface area contributed by atoms with E-state index in [1.807, 2.05) is 42.5 Å². The van der Waals surface area contributed by atoms with Crippen LogP contribution in [-0.2, 0) is 22.6 Å². The van der Waals surface area contributed by atoms with Crippen LogP contribution in [0.1, 0.15) is 29.0 Å². The van der Waals surface area contributed by atoms with Crippen LogP contribution in [0.2, 0.25) is 0 Å². The summed E-state index contributed by atoms with van der Waals surface area (Å²) in [6.45, 7) is 2.49. The topological polar surface area (TPSA) is 68.7 Å². The first-order valence-electron chi connectivity index (χ1n) is 9.56. The van der Waals surface area contributed by atoms with E-state index in [-0.39, 0.29) is 0 Å². The average molecular weight is 412 g/mol. The highest BCUT2D eigenvalue weighted by Crippen LogP contribution is 2.28. The number of esters is 1. The van der Waals surface area contributed by atoms with Crippen molar-refractivity contribution in [3.05, 3.63) is 70.7 Å². The van der Waals surface area contributed by atoms with Gasteiger partial charge in [-0.05, 0) is 43.9 Å². The van der Waals surface area contributed by atoms with E-state index in [0.29, 0.717) is 19.4 Å². The number of aliphatic hydroxyl groups is 1. The second kappa shape index (κ2) is 10.2. The fourth-order valence-electron chi connectivity index (χ4n) is 2.92. The van der Waals surface area contributed by atoms with E-state index in [2.05, 4.69) is 23.8 Å². The number of ether oxygens (including phenoxy) is 2. The normalized spacial score (nSPS) is 11.8. The van der Waals surface area contributed by atoms with Crippen molar-refractivity contribution >= 4 is 17.3 Å². The Balaban J connectivity index is 1.50. The fourth-order valence-corrected chi connectivity index (χ4v) is 3.85. The third kappa shape index (κ3) is 5.89. The number of aromatic nitrogens is 1. The molecular weight excluding hydrogens is 386 g/mol. The van der Waals surface area contributed by atoms with Gasteiger partial charge in [-0.25, -0.2) is 9.78 Å². The summed E-state index contributed by atoms with van der Waals surface area (Å²) in [6, 6.07) is 18.0. The summed E-state index contributed by atoms with van der Waals surface area (Å²) in [6.07, 6.45) is 0.818. The molecule has 152 valence electrons. The Labute approximate surface area is 175 Å². The summed E-state index contributed by atoms with van der Waals surface area (Å²) in [5.41, 5.74) is 3.20. The summed E-state index contributed by atoms with van der Waals surface area (Å²) < 4.78 is 10.4. The van der Waals surface area contributed by atoms with Crippen molar-refractivity contribution in [2.24, 2.45) is 0 Å². The number of aliphatic hydroxyl groups excluding tert-OH is 1. The first kappa shape index (κ1) is 21.0. The van der Waals surface area contributed by atoms with Crippen LogP contribution in [0, 0.1) is 6.92 Å². The molecule has 0 saturated carbocycles. The van der Waals surface area contributed by atoms with Crippen LogP contribution in [0.3, 0.4) is 0 Å². The molecule has 5 nitrogen and oxygen atoms in total. The van der Waals surface area contributed by atoms with E-state index in [1.165, 1.54) is 7.11 Å². The molecule has 0 aliphatic carbocycles. The maximum Gasteiger partial charge on any atom is 0.334 e. The second-order valence-corrected chi connectivity index (χ2v) is 7.95. The highest BCUT2D eigenvalue weighted by Gasteiger charge is 2.14. The van der Waals surface area contributed by atoms with Crippen LogP contribution in [-0.4, -0.2) is 29.3 Å². The van der Waals surface area contributed by atoms with Crippen molar-refractivity contribution in [2.75, 3.05) is 7.11 Å². The number of benzene rings is 2. The zero-order valence-corrected chi connectivity index (χ0v) is 17.4. The molecule has 0 amide bonds. The van der Waals surface area contributed by atoms with Crippen molar-refractivity contribution in [3.8, 4) is 16.3 Å². The molecule has 1 heterocycles. The Bertz CT molecular complexity index is 922. The zero-order valence-electron chi connectivity index (χ0n) is 16.6. The maximum atomic E-state index is 11.2. The quantitative estimate of drug-likeness (QED) is 0.523. The van der Waals surface area contributed by atoms with Gasteiger partial charge in [0.05, 0.1) is 12.8 Å². The summed E-state index contributed by atoms with van der Waals surface area (Å²) in [7, 11) is 1.28. The van der Waals surface area contributed by atoms with E-state index in [9.17, 15) is 9.90 Å². The lowest BCUT2D eigenvalue weighted by atomic mass is 10.1. The molecule has 0 unspecified atom stereocenters. The molecule has 29 heavy (non-hydrogen) atoms. The lowest BCUT2D eigenvalue weighted by Gasteiger charge is -2.09. The molecule has 6 heteroatoms. The van der Waals surface area contributed by atoms with Crippen molar-refractivity contribution in [1.29, 1.82) is 0 Å². The molecule has 0 bridgehead atoms. The van der Waals surface area contributed by atoms with Gasteiger partial charge in [0.1, 0.15) is 17.4 Å². The first-order valence-corrected chi connectivity index (χ1v) is 10.4. The number of nitrogens with zero attached hydrogens (tertiary/aromatic N) is 1. The van der Waals surface area contributed by atoms with Gasteiger partial charge in [-0.3, -0.25) is 0 Å². The summed E-state index contributed by atoms with van der Waals surface area (Å²) in [5.74, 6) is 0.207. The molecule has 3 rings (SSSR count). The van der Waals surface area contributed by atoms with Gasteiger partial charge in [-0.15, -0.1) is 11.3 Å². The van der Waals surface area contributed by atoms with Crippen LogP contribution in [0.15, 0.2) is 54.6 Å². The molecule has 0 fully saturated rings. The van der Waals surface area contributed by atoms with Gasteiger partial charge in [0.15, 0.2) is 6.10 Å². The van der Waals surface area contributed by atoms with Gasteiger partial charge in [0.2, 0.25) is 0 Å². The Morgan fingerprint density at radius 2 is 1.86 bits per heavy atom. The smallest absolute Gasteiger partial charge is 0.334 e. The molecule has 1 atom stereocenters. The van der Waals surface area contributed by atoms with E-state index in [0.717, 1.165) is 38.9 Å². The minimum atomic E-state index is -1.05. The molecule has 2 aromatic carbocycles. The first-order chi connectivity index (χ1) is 14.1. The van der Waals surface area contributed by atoms with E-state index in [4.69, 9.17) is 9.72 Å². The Morgan fingerprint density at radius 1 is 1.14 bits per heavy atom. The predicted molar refractivity (Wildman–Crippen MR) is 114 cm³/mol. The van der Waals surface area contributed by atoms with Gasteiger partial charge >= 0.3 is 5.97 Å². The number of thiazole rings is 1. The fraction of sp³-hybridized carbons (Fsp3) is 0.304. The SMILES string of the molecule is COC(=O)[C@H](O)CCCc1ccc(OCc2nc(-c3ccccc3)sc2C)cc1. The monoisotopic (exact) mass is 411 g/mol. The van der Waals surface area contributed by atoms with E-state index in [1.54, 1.807) is 11.3 Å². The molecule has 1 aromatic heterocycles. The van der Waals surface area contributed by atoms with Crippen molar-refractivity contribution in [3.63, 3.8) is 0 Å². The van der Waals surface area contributed by atoms with Crippen LogP contribution >= 0.6 is 11.3 Å². The van der Waals surface area contributed by atoms with Crippen LogP contribution in [0.4, 0.5) is 0 Å². The van der Waals surface area contributed by atoms with Gasteiger partial charge in [-0.2, -0.15) is 0 Å². The Kier molecular flexibility index (Phi) is 7.38. The number of rotatable bonds is 9. The average Bonchev–Trinajstić information content (AvgIpc) is 3.13. The van der Waals surface area contributed by atoms with Gasteiger partial charge in [-0.1, -0.05) is 42.5 Å². The molecule has 0 aliphatic heterocycles. The predicted octanol–water partition coefficient (Wildman–Crippen LogP) is 4.55. The number of carbonyl (C=O) groups is 1. The van der Waals surface area contributed by atoms with Crippen LogP contribution in [0.25, 0.3) is 10.6 Å². The zero-order chi connectivity index (χ0) is 20.6. The molecule has 0 aliphatic rings. The minimum Gasteiger partial charge on any atom is -0.487 e. The Hall–Kier alpha value is -2.70.